The van der Waals surface area contributed by atoms with Crippen LogP contribution in [-0.4, -0.2) is 22.1 Å². The summed E-state index contributed by atoms with van der Waals surface area (Å²) in [7, 11) is 0. The number of aliphatic hydroxyl groups is 1. The Morgan fingerprint density at radius 1 is 0.963 bits per heavy atom. The Labute approximate surface area is 158 Å². The van der Waals surface area contributed by atoms with E-state index in [0.717, 1.165) is 64.0 Å². The molecule has 0 saturated heterocycles. The number of carbonyl (C=O) groups excluding carboxylic acids is 1. The van der Waals surface area contributed by atoms with Crippen molar-refractivity contribution in [3.05, 3.63) is 72.4 Å². The summed E-state index contributed by atoms with van der Waals surface area (Å²) >= 11 is 0. The van der Waals surface area contributed by atoms with Gasteiger partial charge in [0.1, 0.15) is 0 Å². The topological polar surface area (TPSA) is 42.2 Å². The second-order valence-corrected chi connectivity index (χ2v) is 7.11. The number of hydrogen-bond acceptors (Lipinski definition) is 2. The molecule has 1 atom stereocenters. The molecule has 136 valence electrons. The van der Waals surface area contributed by atoms with Crippen molar-refractivity contribution >= 4 is 28.0 Å². The van der Waals surface area contributed by atoms with Crippen molar-refractivity contribution in [3.8, 4) is 11.1 Å². The lowest BCUT2D eigenvalue weighted by molar-refractivity contribution is 0.112. The van der Waals surface area contributed by atoms with Crippen molar-refractivity contribution in [1.29, 1.82) is 0 Å². The van der Waals surface area contributed by atoms with E-state index in [1.807, 2.05) is 49.4 Å². The normalized spacial score (nSPS) is 12.5. The van der Waals surface area contributed by atoms with Gasteiger partial charge in [0, 0.05) is 34.8 Å². The first-order chi connectivity index (χ1) is 13.2. The molecule has 0 bridgehead atoms. The molecule has 4 aromatic rings. The van der Waals surface area contributed by atoms with Crippen molar-refractivity contribution in [2.75, 3.05) is 0 Å². The predicted octanol–water partition coefficient (Wildman–Crippen LogP) is 5.44. The van der Waals surface area contributed by atoms with Gasteiger partial charge in [-0.3, -0.25) is 4.79 Å². The van der Waals surface area contributed by atoms with E-state index in [0.29, 0.717) is 0 Å². The molecule has 3 aromatic carbocycles. The number of nitrogens with zero attached hydrogens (tertiary/aromatic N) is 1. The number of aliphatic hydroxyl groups excluding tert-OH is 1. The van der Waals surface area contributed by atoms with Crippen LogP contribution in [0.3, 0.4) is 0 Å². The van der Waals surface area contributed by atoms with E-state index >= 15 is 0 Å². The monoisotopic (exact) mass is 357 g/mol. The molecular weight excluding hydrogens is 334 g/mol. The fourth-order valence-electron chi connectivity index (χ4n) is 3.86. The number of rotatable bonds is 6. The van der Waals surface area contributed by atoms with Crippen LogP contribution in [0.1, 0.15) is 30.1 Å². The molecule has 0 saturated carbocycles. The van der Waals surface area contributed by atoms with Crippen LogP contribution in [0.25, 0.3) is 32.8 Å². The third-order valence-corrected chi connectivity index (χ3v) is 5.19. The second-order valence-electron chi connectivity index (χ2n) is 7.11. The Hall–Kier alpha value is -2.91. The molecule has 1 unspecified atom stereocenters. The van der Waals surface area contributed by atoms with Crippen molar-refractivity contribution in [2.45, 2.75) is 32.4 Å². The predicted molar refractivity (Wildman–Crippen MR) is 111 cm³/mol. The van der Waals surface area contributed by atoms with Crippen molar-refractivity contribution in [2.24, 2.45) is 0 Å². The van der Waals surface area contributed by atoms with Crippen LogP contribution in [-0.2, 0) is 6.54 Å². The maximum absolute atomic E-state index is 12.0. The molecule has 4 rings (SSSR count). The van der Waals surface area contributed by atoms with Gasteiger partial charge in [-0.15, -0.1) is 0 Å². The Morgan fingerprint density at radius 3 is 2.48 bits per heavy atom. The van der Waals surface area contributed by atoms with Crippen LogP contribution in [0.5, 0.6) is 0 Å². The number of para-hydroxylation sites is 1. The van der Waals surface area contributed by atoms with Crippen LogP contribution in [0, 0.1) is 0 Å². The summed E-state index contributed by atoms with van der Waals surface area (Å²) in [6, 6.07) is 20.4. The van der Waals surface area contributed by atoms with Crippen LogP contribution in [0.15, 0.2) is 66.9 Å². The lowest BCUT2D eigenvalue weighted by Gasteiger charge is -2.08. The van der Waals surface area contributed by atoms with Gasteiger partial charge < -0.3 is 9.67 Å². The summed E-state index contributed by atoms with van der Waals surface area (Å²) < 4.78 is 2.23. The van der Waals surface area contributed by atoms with Gasteiger partial charge in [0.15, 0.2) is 6.29 Å². The van der Waals surface area contributed by atoms with E-state index in [-0.39, 0.29) is 6.10 Å². The van der Waals surface area contributed by atoms with Crippen LogP contribution in [0.2, 0.25) is 0 Å². The summed E-state index contributed by atoms with van der Waals surface area (Å²) in [5.74, 6) is 0. The van der Waals surface area contributed by atoms with Gasteiger partial charge in [-0.05, 0) is 42.2 Å². The van der Waals surface area contributed by atoms with Gasteiger partial charge in [-0.1, -0.05) is 54.6 Å². The smallest absolute Gasteiger partial charge is 0.151 e. The number of hydrogen-bond donors (Lipinski definition) is 1. The van der Waals surface area contributed by atoms with Gasteiger partial charge in [0.25, 0.3) is 0 Å². The molecule has 0 aliphatic rings. The average molecular weight is 357 g/mol. The van der Waals surface area contributed by atoms with Crippen LogP contribution < -0.4 is 0 Å². The van der Waals surface area contributed by atoms with E-state index in [4.69, 9.17) is 0 Å². The molecule has 1 heterocycles. The number of fused-ring (bicyclic) bond motifs is 2. The molecule has 0 aliphatic heterocycles. The number of aromatic nitrogens is 1. The van der Waals surface area contributed by atoms with Crippen LogP contribution in [0.4, 0.5) is 0 Å². The Morgan fingerprint density at radius 2 is 1.70 bits per heavy atom. The fourth-order valence-corrected chi connectivity index (χ4v) is 3.86. The summed E-state index contributed by atoms with van der Waals surface area (Å²) in [5.41, 5.74) is 3.94. The molecule has 0 aliphatic carbocycles. The molecule has 27 heavy (non-hydrogen) atoms. The SMILES string of the molecule is CC(O)CCCn1cc(-c2ccc3ccccc3c2C=O)c2ccccc21. The van der Waals surface area contributed by atoms with E-state index in [2.05, 4.69) is 29.0 Å². The molecule has 0 amide bonds. The highest BCUT2D eigenvalue weighted by atomic mass is 16.3. The summed E-state index contributed by atoms with van der Waals surface area (Å²) in [5, 5.41) is 12.7. The first kappa shape index (κ1) is 17.5. The molecular formula is C24H23NO2. The number of aldehydes is 1. The van der Waals surface area contributed by atoms with E-state index in [1.165, 1.54) is 0 Å². The molecule has 1 N–H and O–H groups in total. The third-order valence-electron chi connectivity index (χ3n) is 5.19. The zero-order chi connectivity index (χ0) is 18.8. The molecule has 0 radical (unpaired) electrons. The van der Waals surface area contributed by atoms with Crippen molar-refractivity contribution in [3.63, 3.8) is 0 Å². The summed E-state index contributed by atoms with van der Waals surface area (Å²) in [6.45, 7) is 2.67. The van der Waals surface area contributed by atoms with Gasteiger partial charge in [0.2, 0.25) is 0 Å². The molecule has 3 heteroatoms. The largest absolute Gasteiger partial charge is 0.393 e. The van der Waals surface area contributed by atoms with Crippen molar-refractivity contribution < 1.29 is 9.90 Å². The second kappa shape index (κ2) is 7.37. The van der Waals surface area contributed by atoms with E-state index in [9.17, 15) is 9.90 Å². The standard InChI is InChI=1S/C24H23NO2/c1-17(27)7-6-14-25-15-22(21-10-4-5-11-24(21)25)20-13-12-18-8-2-3-9-19(18)23(20)16-26/h2-5,8-13,15-17,27H,6-7,14H2,1H3. The fraction of sp³-hybridized carbons (Fsp3) is 0.208. The van der Waals surface area contributed by atoms with E-state index in [1.54, 1.807) is 0 Å². The number of aryl methyl sites for hydroxylation is 1. The van der Waals surface area contributed by atoms with Gasteiger partial charge in [-0.2, -0.15) is 0 Å². The minimum Gasteiger partial charge on any atom is -0.393 e. The molecule has 1 aromatic heterocycles. The molecule has 0 spiro atoms. The van der Waals surface area contributed by atoms with Gasteiger partial charge in [0.05, 0.1) is 6.10 Å². The van der Waals surface area contributed by atoms with Gasteiger partial charge in [-0.25, -0.2) is 0 Å². The summed E-state index contributed by atoms with van der Waals surface area (Å²) in [4.78, 5) is 12.0. The Balaban J connectivity index is 1.87. The zero-order valence-corrected chi connectivity index (χ0v) is 15.4. The average Bonchev–Trinajstić information content (AvgIpc) is 3.05. The lowest BCUT2D eigenvalue weighted by Crippen LogP contribution is -2.03. The first-order valence-corrected chi connectivity index (χ1v) is 9.42. The Kier molecular flexibility index (Phi) is 4.78. The summed E-state index contributed by atoms with van der Waals surface area (Å²) in [6.07, 6.45) is 4.51. The van der Waals surface area contributed by atoms with Crippen molar-refractivity contribution in [1.82, 2.24) is 4.57 Å². The molecule has 3 nitrogen and oxygen atoms in total. The minimum atomic E-state index is -0.284. The molecule has 0 fully saturated rings. The number of carbonyl (C=O) groups is 1. The van der Waals surface area contributed by atoms with Gasteiger partial charge >= 0.3 is 0 Å². The minimum absolute atomic E-state index is 0.284. The quantitative estimate of drug-likeness (QED) is 0.467. The number of benzene rings is 3. The zero-order valence-electron chi connectivity index (χ0n) is 15.4. The highest BCUT2D eigenvalue weighted by Crippen LogP contribution is 2.35. The third kappa shape index (κ3) is 3.26. The lowest BCUT2D eigenvalue weighted by atomic mass is 9.95. The first-order valence-electron chi connectivity index (χ1n) is 9.42. The maximum Gasteiger partial charge on any atom is 0.151 e. The maximum atomic E-state index is 12.0. The highest BCUT2D eigenvalue weighted by molar-refractivity contribution is 6.08. The highest BCUT2D eigenvalue weighted by Gasteiger charge is 2.15. The van der Waals surface area contributed by atoms with E-state index < -0.39 is 0 Å². The Bertz CT molecular complexity index is 1110. The van der Waals surface area contributed by atoms with Crippen LogP contribution >= 0.6 is 0 Å².